The Hall–Kier alpha value is -1.55. The molecule has 4 nitrogen and oxygen atoms in total. The summed E-state index contributed by atoms with van der Waals surface area (Å²) in [7, 11) is 0. The van der Waals surface area contributed by atoms with Crippen LogP contribution in [0.4, 0.5) is 0 Å². The van der Waals surface area contributed by atoms with Gasteiger partial charge in [0.1, 0.15) is 5.76 Å². The summed E-state index contributed by atoms with van der Waals surface area (Å²) in [6.45, 7) is 10.3. The lowest BCUT2D eigenvalue weighted by Gasteiger charge is -2.16. The maximum absolute atomic E-state index is 5.24. The molecule has 1 unspecified atom stereocenters. The molecular formula is C17H27N3O. The largest absolute Gasteiger partial charge is 0.361 e. The van der Waals surface area contributed by atoms with Crippen LogP contribution in [0.5, 0.6) is 0 Å². The van der Waals surface area contributed by atoms with Gasteiger partial charge in [0.05, 0.1) is 12.2 Å². The van der Waals surface area contributed by atoms with Gasteiger partial charge in [-0.3, -0.25) is 0 Å². The Morgan fingerprint density at radius 3 is 2.71 bits per heavy atom. The van der Waals surface area contributed by atoms with Crippen molar-refractivity contribution in [1.82, 2.24) is 15.0 Å². The number of aromatic nitrogens is 2. The second-order valence-electron chi connectivity index (χ2n) is 5.72. The molecule has 0 aliphatic carbocycles. The highest BCUT2D eigenvalue weighted by Crippen LogP contribution is 2.21. The summed E-state index contributed by atoms with van der Waals surface area (Å²) >= 11 is 0. The minimum Gasteiger partial charge on any atom is -0.361 e. The maximum atomic E-state index is 5.24. The molecule has 0 saturated heterocycles. The zero-order chi connectivity index (χ0) is 15.2. The van der Waals surface area contributed by atoms with Crippen LogP contribution in [0.3, 0.4) is 0 Å². The smallest absolute Gasteiger partial charge is 0.138 e. The molecule has 2 aromatic heterocycles. The summed E-state index contributed by atoms with van der Waals surface area (Å²) < 4.78 is 7.46. The number of hydrogen-bond donors (Lipinski definition) is 1. The van der Waals surface area contributed by atoms with E-state index in [-0.39, 0.29) is 0 Å². The van der Waals surface area contributed by atoms with Crippen LogP contribution in [0, 0.1) is 13.8 Å². The van der Waals surface area contributed by atoms with Crippen molar-refractivity contribution in [2.75, 3.05) is 6.54 Å². The standard InChI is InChI=1S/C17H27N3O/c1-5-7-17(18-9-6-2)15-8-10-20(11-15)12-16-13(3)19-21-14(16)4/h8,10-11,17-18H,5-7,9,12H2,1-4H3. The predicted octanol–water partition coefficient (Wildman–Crippen LogP) is 3.98. The van der Waals surface area contributed by atoms with Gasteiger partial charge in [-0.25, -0.2) is 0 Å². The first-order valence-electron chi connectivity index (χ1n) is 7.96. The van der Waals surface area contributed by atoms with E-state index >= 15 is 0 Å². The van der Waals surface area contributed by atoms with Crippen molar-refractivity contribution in [3.8, 4) is 0 Å². The lowest BCUT2D eigenvalue weighted by atomic mass is 10.1. The van der Waals surface area contributed by atoms with Crippen LogP contribution in [0.25, 0.3) is 0 Å². The van der Waals surface area contributed by atoms with Gasteiger partial charge < -0.3 is 14.4 Å². The Morgan fingerprint density at radius 1 is 1.29 bits per heavy atom. The molecule has 1 atom stereocenters. The molecule has 0 saturated carbocycles. The fraction of sp³-hybridized carbons (Fsp3) is 0.588. The molecule has 0 bridgehead atoms. The van der Waals surface area contributed by atoms with E-state index in [9.17, 15) is 0 Å². The number of rotatable bonds is 8. The fourth-order valence-electron chi connectivity index (χ4n) is 2.67. The van der Waals surface area contributed by atoms with E-state index in [1.165, 1.54) is 30.4 Å². The van der Waals surface area contributed by atoms with Gasteiger partial charge >= 0.3 is 0 Å². The average Bonchev–Trinajstić information content (AvgIpc) is 3.06. The number of nitrogens with zero attached hydrogens (tertiary/aromatic N) is 2. The van der Waals surface area contributed by atoms with E-state index < -0.39 is 0 Å². The van der Waals surface area contributed by atoms with Crippen LogP contribution in [0.1, 0.15) is 61.7 Å². The third-order valence-corrected chi connectivity index (χ3v) is 3.92. The molecule has 0 spiro atoms. The van der Waals surface area contributed by atoms with E-state index in [0.717, 1.165) is 24.5 Å². The van der Waals surface area contributed by atoms with Gasteiger partial charge in [-0.15, -0.1) is 0 Å². The van der Waals surface area contributed by atoms with Gasteiger partial charge in [-0.2, -0.15) is 0 Å². The van der Waals surface area contributed by atoms with Gasteiger partial charge in [-0.1, -0.05) is 25.4 Å². The van der Waals surface area contributed by atoms with Gasteiger partial charge in [0, 0.05) is 24.0 Å². The molecule has 0 radical (unpaired) electrons. The first-order chi connectivity index (χ1) is 10.2. The van der Waals surface area contributed by atoms with Crippen LogP contribution in [0.2, 0.25) is 0 Å². The first kappa shape index (κ1) is 15.8. The SMILES string of the molecule is CCCNC(CCC)c1ccn(Cc2c(C)noc2C)c1. The first-order valence-corrected chi connectivity index (χ1v) is 7.96. The lowest BCUT2D eigenvalue weighted by Crippen LogP contribution is -2.21. The van der Waals surface area contributed by atoms with Crippen molar-refractivity contribution in [3.05, 3.63) is 41.0 Å². The van der Waals surface area contributed by atoms with E-state index in [4.69, 9.17) is 4.52 Å². The zero-order valence-corrected chi connectivity index (χ0v) is 13.6. The summed E-state index contributed by atoms with van der Waals surface area (Å²) in [6.07, 6.45) is 7.93. The van der Waals surface area contributed by atoms with E-state index in [1.807, 2.05) is 13.8 Å². The Kier molecular flexibility index (Phi) is 5.62. The highest BCUT2D eigenvalue weighted by molar-refractivity contribution is 5.23. The molecule has 4 heteroatoms. The Balaban J connectivity index is 2.09. The normalized spacial score (nSPS) is 12.8. The molecular weight excluding hydrogens is 262 g/mol. The summed E-state index contributed by atoms with van der Waals surface area (Å²) in [4.78, 5) is 0. The van der Waals surface area contributed by atoms with E-state index in [0.29, 0.717) is 6.04 Å². The van der Waals surface area contributed by atoms with Crippen LogP contribution < -0.4 is 5.32 Å². The molecule has 2 rings (SSSR count). The highest BCUT2D eigenvalue weighted by Gasteiger charge is 2.13. The van der Waals surface area contributed by atoms with Crippen molar-refractivity contribution in [3.63, 3.8) is 0 Å². The van der Waals surface area contributed by atoms with E-state index in [2.05, 4.69) is 47.3 Å². The summed E-state index contributed by atoms with van der Waals surface area (Å²) in [5.41, 5.74) is 3.54. The Morgan fingerprint density at radius 2 is 2.10 bits per heavy atom. The third-order valence-electron chi connectivity index (χ3n) is 3.92. The summed E-state index contributed by atoms with van der Waals surface area (Å²) in [5.74, 6) is 0.914. The predicted molar refractivity (Wildman–Crippen MR) is 85.5 cm³/mol. The molecule has 0 aliphatic heterocycles. The molecule has 2 aromatic rings. The Labute approximate surface area is 127 Å². The summed E-state index contributed by atoms with van der Waals surface area (Å²) in [6, 6.07) is 2.68. The number of nitrogens with one attached hydrogen (secondary N) is 1. The lowest BCUT2D eigenvalue weighted by molar-refractivity contribution is 0.392. The zero-order valence-electron chi connectivity index (χ0n) is 13.6. The molecule has 0 amide bonds. The molecule has 2 heterocycles. The molecule has 0 fully saturated rings. The topological polar surface area (TPSA) is 43.0 Å². The van der Waals surface area contributed by atoms with Crippen molar-refractivity contribution in [2.45, 2.75) is 59.5 Å². The van der Waals surface area contributed by atoms with Gasteiger partial charge in [0.25, 0.3) is 0 Å². The molecule has 1 N–H and O–H groups in total. The third kappa shape index (κ3) is 3.97. The van der Waals surface area contributed by atoms with Crippen LogP contribution in [-0.4, -0.2) is 16.3 Å². The minimum atomic E-state index is 0.459. The minimum absolute atomic E-state index is 0.459. The van der Waals surface area contributed by atoms with Gasteiger partial charge in [0.2, 0.25) is 0 Å². The monoisotopic (exact) mass is 289 g/mol. The molecule has 0 aliphatic rings. The van der Waals surface area contributed by atoms with Gasteiger partial charge in [-0.05, 0) is 44.9 Å². The van der Waals surface area contributed by atoms with Crippen LogP contribution in [0.15, 0.2) is 23.0 Å². The molecule has 21 heavy (non-hydrogen) atoms. The molecule has 0 aromatic carbocycles. The summed E-state index contributed by atoms with van der Waals surface area (Å²) in [5, 5.41) is 7.66. The van der Waals surface area contributed by atoms with Crippen molar-refractivity contribution in [2.24, 2.45) is 0 Å². The van der Waals surface area contributed by atoms with Crippen LogP contribution in [-0.2, 0) is 6.54 Å². The number of hydrogen-bond acceptors (Lipinski definition) is 3. The van der Waals surface area contributed by atoms with Gasteiger partial charge in [0.15, 0.2) is 0 Å². The number of aryl methyl sites for hydroxylation is 2. The fourth-order valence-corrected chi connectivity index (χ4v) is 2.67. The van der Waals surface area contributed by atoms with E-state index in [1.54, 1.807) is 0 Å². The van der Waals surface area contributed by atoms with Crippen LogP contribution >= 0.6 is 0 Å². The quantitative estimate of drug-likeness (QED) is 0.799. The average molecular weight is 289 g/mol. The molecule has 116 valence electrons. The van der Waals surface area contributed by atoms with Crippen molar-refractivity contribution < 1.29 is 4.52 Å². The Bertz CT molecular complexity index is 537. The second-order valence-corrected chi connectivity index (χ2v) is 5.72. The second kappa shape index (κ2) is 7.46. The van der Waals surface area contributed by atoms with Crippen molar-refractivity contribution >= 4 is 0 Å². The van der Waals surface area contributed by atoms with Crippen molar-refractivity contribution in [1.29, 1.82) is 0 Å². The highest BCUT2D eigenvalue weighted by atomic mass is 16.5. The maximum Gasteiger partial charge on any atom is 0.138 e.